The fourth-order valence-corrected chi connectivity index (χ4v) is 2.37. The third kappa shape index (κ3) is 4.17. The summed E-state index contributed by atoms with van der Waals surface area (Å²) in [4.78, 5) is 8.22. The molecule has 0 aliphatic rings. The molecule has 0 saturated carbocycles. The number of ether oxygens (including phenoxy) is 1. The predicted molar refractivity (Wildman–Crippen MR) is 105 cm³/mol. The van der Waals surface area contributed by atoms with Gasteiger partial charge in [0.2, 0.25) is 5.90 Å². The Morgan fingerprint density at radius 3 is 2.77 bits per heavy atom. The molecule has 0 fully saturated rings. The molecule has 0 bridgehead atoms. The quantitative estimate of drug-likeness (QED) is 0.501. The zero-order valence-corrected chi connectivity index (χ0v) is 15.3. The minimum atomic E-state index is 0.401. The fourth-order valence-electron chi connectivity index (χ4n) is 2.37. The summed E-state index contributed by atoms with van der Waals surface area (Å²) >= 11 is 0. The average molecular weight is 346 g/mol. The van der Waals surface area contributed by atoms with Crippen LogP contribution >= 0.6 is 0 Å². The van der Waals surface area contributed by atoms with E-state index in [2.05, 4.69) is 36.5 Å². The van der Waals surface area contributed by atoms with E-state index in [1.807, 2.05) is 34.9 Å². The van der Waals surface area contributed by atoms with Crippen molar-refractivity contribution in [3.8, 4) is 23.1 Å². The number of rotatable bonds is 3. The van der Waals surface area contributed by atoms with E-state index in [1.165, 1.54) is 12.5 Å². The van der Waals surface area contributed by atoms with Crippen LogP contribution in [0.2, 0.25) is 0 Å². The molecular formula is C21H22N4O. The first-order valence-corrected chi connectivity index (χ1v) is 8.42. The normalized spacial score (nSPS) is 10.6. The van der Waals surface area contributed by atoms with E-state index < -0.39 is 0 Å². The van der Waals surface area contributed by atoms with Gasteiger partial charge in [0.25, 0.3) is 0 Å². The van der Waals surface area contributed by atoms with Gasteiger partial charge in [0.15, 0.2) is 0 Å². The van der Waals surface area contributed by atoms with Crippen LogP contribution in [0.3, 0.4) is 0 Å². The van der Waals surface area contributed by atoms with Crippen LogP contribution in [-0.4, -0.2) is 22.3 Å². The van der Waals surface area contributed by atoms with Crippen molar-refractivity contribution in [1.29, 1.82) is 5.26 Å². The fraction of sp³-hybridized carbons (Fsp3) is 0.190. The van der Waals surface area contributed by atoms with Gasteiger partial charge >= 0.3 is 0 Å². The maximum absolute atomic E-state index is 9.49. The van der Waals surface area contributed by atoms with Crippen molar-refractivity contribution >= 4 is 11.5 Å². The van der Waals surface area contributed by atoms with E-state index in [4.69, 9.17) is 4.74 Å². The summed E-state index contributed by atoms with van der Waals surface area (Å²) in [5.41, 5.74) is 3.07. The molecule has 1 aromatic carbocycles. The summed E-state index contributed by atoms with van der Waals surface area (Å²) in [6.07, 6.45) is 6.37. The summed E-state index contributed by atoms with van der Waals surface area (Å²) in [5, 5.41) is 9.49. The third-order valence-electron chi connectivity index (χ3n) is 3.43. The Morgan fingerprint density at radius 1 is 1.35 bits per heavy atom. The minimum absolute atomic E-state index is 0.401. The van der Waals surface area contributed by atoms with E-state index in [1.54, 1.807) is 25.4 Å². The monoisotopic (exact) mass is 346 g/mol. The smallest absolute Gasteiger partial charge is 0.213 e. The lowest BCUT2D eigenvalue weighted by Gasteiger charge is -2.10. The van der Waals surface area contributed by atoms with Crippen LogP contribution in [-0.2, 0) is 0 Å². The molecule has 2 heterocycles. The van der Waals surface area contributed by atoms with Crippen molar-refractivity contribution in [3.05, 3.63) is 67.0 Å². The molecule has 132 valence electrons. The molecule has 26 heavy (non-hydrogen) atoms. The van der Waals surface area contributed by atoms with Gasteiger partial charge in [-0.1, -0.05) is 32.9 Å². The number of pyridine rings is 1. The number of imidazole rings is 1. The van der Waals surface area contributed by atoms with Crippen LogP contribution in [0.25, 0.3) is 16.9 Å². The van der Waals surface area contributed by atoms with Crippen LogP contribution in [0.15, 0.2) is 66.4 Å². The van der Waals surface area contributed by atoms with Crippen LogP contribution in [0.5, 0.6) is 5.75 Å². The lowest BCUT2D eigenvalue weighted by atomic mass is 10.0. The first-order valence-electron chi connectivity index (χ1n) is 8.42. The highest BCUT2D eigenvalue weighted by Crippen LogP contribution is 2.27. The molecule has 0 saturated heterocycles. The molecule has 2 aromatic heterocycles. The average Bonchev–Trinajstić information content (AvgIpc) is 3.15. The summed E-state index contributed by atoms with van der Waals surface area (Å²) in [5.74, 6) is 0.946. The van der Waals surface area contributed by atoms with Gasteiger partial charge in [-0.2, -0.15) is 5.26 Å². The first-order chi connectivity index (χ1) is 12.7. The number of hydrogen-bond acceptors (Lipinski definition) is 4. The zero-order chi connectivity index (χ0) is 18.9. The molecule has 0 aliphatic heterocycles. The van der Waals surface area contributed by atoms with E-state index >= 15 is 0 Å². The minimum Gasteiger partial charge on any atom is -0.439 e. The molecule has 5 heteroatoms. The van der Waals surface area contributed by atoms with Crippen molar-refractivity contribution in [2.75, 3.05) is 7.05 Å². The Labute approximate surface area is 153 Å². The summed E-state index contributed by atoms with van der Waals surface area (Å²) in [6.45, 7) is 7.88. The lowest BCUT2D eigenvalue weighted by Crippen LogP contribution is -2.04. The van der Waals surface area contributed by atoms with Crippen LogP contribution in [0.1, 0.15) is 25.8 Å². The van der Waals surface area contributed by atoms with E-state index in [0.717, 1.165) is 16.9 Å². The molecule has 3 aromatic rings. The molecule has 5 nitrogen and oxygen atoms in total. The number of aliphatic imine (C=N–C) groups is 1. The Hall–Kier alpha value is -3.39. The predicted octanol–water partition coefficient (Wildman–Crippen LogP) is 4.88. The standard InChI is InChI=1S/C18H14N4O.C3H8/c1-3-18(20-2)23-14-7-8-15(13(11-14)12-19)16-5-4-6-17-21-9-10-22(16)17;1-3-2/h3-11H,1H2,2H3;3H2,1-2H3. The van der Waals surface area contributed by atoms with E-state index in [0.29, 0.717) is 17.2 Å². The number of aromatic nitrogens is 2. The molecule has 0 aliphatic carbocycles. The van der Waals surface area contributed by atoms with E-state index in [9.17, 15) is 5.26 Å². The Kier molecular flexibility index (Phi) is 6.69. The van der Waals surface area contributed by atoms with E-state index in [-0.39, 0.29) is 0 Å². The molecule has 3 rings (SSSR count). The van der Waals surface area contributed by atoms with Crippen molar-refractivity contribution in [2.45, 2.75) is 20.3 Å². The number of hydrogen-bond donors (Lipinski definition) is 0. The summed E-state index contributed by atoms with van der Waals surface area (Å²) < 4.78 is 7.52. The van der Waals surface area contributed by atoms with Gasteiger partial charge in [-0.25, -0.2) is 4.98 Å². The summed E-state index contributed by atoms with van der Waals surface area (Å²) in [6, 6.07) is 13.4. The Balaban J connectivity index is 0.000000758. The summed E-state index contributed by atoms with van der Waals surface area (Å²) in [7, 11) is 1.62. The highest BCUT2D eigenvalue weighted by atomic mass is 16.5. The van der Waals surface area contributed by atoms with Crippen molar-refractivity contribution < 1.29 is 4.74 Å². The highest BCUT2D eigenvalue weighted by Gasteiger charge is 2.11. The van der Waals surface area contributed by atoms with Gasteiger partial charge in [-0.05, 0) is 36.4 Å². The van der Waals surface area contributed by atoms with Crippen molar-refractivity contribution in [3.63, 3.8) is 0 Å². The molecule has 0 unspecified atom stereocenters. The Morgan fingerprint density at radius 2 is 2.12 bits per heavy atom. The maximum atomic E-state index is 9.49. The van der Waals surface area contributed by atoms with Gasteiger partial charge in [0.1, 0.15) is 11.4 Å². The topological polar surface area (TPSA) is 62.7 Å². The number of fused-ring (bicyclic) bond motifs is 1. The van der Waals surface area contributed by atoms with Gasteiger partial charge in [-0.3, -0.25) is 9.39 Å². The van der Waals surface area contributed by atoms with Gasteiger partial charge in [0.05, 0.1) is 17.3 Å². The second-order valence-electron chi connectivity index (χ2n) is 5.46. The van der Waals surface area contributed by atoms with Gasteiger partial charge in [0, 0.05) is 25.0 Å². The first kappa shape index (κ1) is 18.9. The number of nitrogens with zero attached hydrogens (tertiary/aromatic N) is 4. The molecule has 0 radical (unpaired) electrons. The third-order valence-corrected chi connectivity index (χ3v) is 3.43. The van der Waals surface area contributed by atoms with Crippen molar-refractivity contribution in [2.24, 2.45) is 4.99 Å². The maximum Gasteiger partial charge on any atom is 0.213 e. The Bertz CT molecular complexity index is 964. The zero-order valence-electron chi connectivity index (χ0n) is 15.3. The van der Waals surface area contributed by atoms with Gasteiger partial charge < -0.3 is 4.74 Å². The van der Waals surface area contributed by atoms with Crippen molar-refractivity contribution in [1.82, 2.24) is 9.38 Å². The van der Waals surface area contributed by atoms with Crippen LogP contribution < -0.4 is 4.74 Å². The molecule has 0 atom stereocenters. The number of benzene rings is 1. The number of nitriles is 1. The second kappa shape index (κ2) is 9.19. The molecular weight excluding hydrogens is 324 g/mol. The van der Waals surface area contributed by atoms with Crippen LogP contribution in [0.4, 0.5) is 0 Å². The molecule has 0 N–H and O–H groups in total. The second-order valence-corrected chi connectivity index (χ2v) is 5.46. The lowest BCUT2D eigenvalue weighted by molar-refractivity contribution is 0.554. The SMILES string of the molecule is C=CC(=NC)Oc1ccc(-c2cccc3nccn23)c(C#N)c1.CCC. The highest BCUT2D eigenvalue weighted by molar-refractivity contribution is 5.89. The van der Waals surface area contributed by atoms with Crippen LogP contribution in [0, 0.1) is 11.3 Å². The van der Waals surface area contributed by atoms with Gasteiger partial charge in [-0.15, -0.1) is 0 Å². The molecule has 0 spiro atoms. The largest absolute Gasteiger partial charge is 0.439 e. The molecule has 0 amide bonds.